The second-order valence-corrected chi connectivity index (χ2v) is 6.80. The number of amides is 2. The molecule has 0 aliphatic heterocycles. The Hall–Kier alpha value is -1.41. The number of urea groups is 1. The molecule has 1 aromatic rings. The molecule has 0 aliphatic rings. The second-order valence-electron chi connectivity index (χ2n) is 4.14. The van der Waals surface area contributed by atoms with E-state index in [4.69, 9.17) is 5.11 Å². The molecule has 0 spiro atoms. The van der Waals surface area contributed by atoms with Gasteiger partial charge in [0.05, 0.1) is 5.56 Å². The van der Waals surface area contributed by atoms with Crippen molar-refractivity contribution < 1.29 is 18.9 Å². The maximum Gasteiger partial charge on any atom is 0.336 e. The number of hydrogen-bond acceptors (Lipinski definition) is 3. The van der Waals surface area contributed by atoms with E-state index >= 15 is 0 Å². The van der Waals surface area contributed by atoms with Crippen molar-refractivity contribution in [3.8, 4) is 0 Å². The van der Waals surface area contributed by atoms with Gasteiger partial charge in [0.2, 0.25) is 0 Å². The van der Waals surface area contributed by atoms with Crippen molar-refractivity contribution in [3.63, 3.8) is 0 Å². The summed E-state index contributed by atoms with van der Waals surface area (Å²) in [7, 11) is -1.01. The number of aromatic carboxylic acids is 1. The molecule has 2 amide bonds. The summed E-state index contributed by atoms with van der Waals surface area (Å²) in [5.41, 5.74) is 0.430. The average Bonchev–Trinajstić information content (AvgIpc) is 2.37. The van der Waals surface area contributed by atoms with Gasteiger partial charge in [-0.05, 0) is 41.1 Å². The quantitative estimate of drug-likeness (QED) is 0.746. The van der Waals surface area contributed by atoms with Crippen molar-refractivity contribution in [3.05, 3.63) is 28.2 Å². The Bertz CT molecular complexity index is 550. The first-order valence-electron chi connectivity index (χ1n) is 5.71. The molecular weight excluding hydrogens is 348 g/mol. The predicted octanol–water partition coefficient (Wildman–Crippen LogP) is 2.04. The molecular formula is C12H15BrN2O4S. The van der Waals surface area contributed by atoms with Crippen LogP contribution in [-0.4, -0.2) is 39.4 Å². The number of carboxylic acids is 1. The van der Waals surface area contributed by atoms with E-state index in [1.54, 1.807) is 25.3 Å². The largest absolute Gasteiger partial charge is 0.478 e. The first-order chi connectivity index (χ1) is 9.31. The zero-order valence-electron chi connectivity index (χ0n) is 11.0. The van der Waals surface area contributed by atoms with Crippen molar-refractivity contribution in [1.82, 2.24) is 5.32 Å². The number of hydrogen-bond donors (Lipinski definition) is 3. The number of benzene rings is 1. The first kappa shape index (κ1) is 16.6. The van der Waals surface area contributed by atoms with Gasteiger partial charge < -0.3 is 15.7 Å². The van der Waals surface area contributed by atoms with Crippen molar-refractivity contribution in [1.29, 1.82) is 0 Å². The Morgan fingerprint density at radius 1 is 1.45 bits per heavy atom. The maximum atomic E-state index is 11.6. The fourth-order valence-electron chi connectivity index (χ4n) is 1.30. The Morgan fingerprint density at radius 2 is 2.10 bits per heavy atom. The van der Waals surface area contributed by atoms with Crippen LogP contribution in [0.3, 0.4) is 0 Å². The van der Waals surface area contributed by atoms with Crippen LogP contribution >= 0.6 is 15.9 Å². The van der Waals surface area contributed by atoms with E-state index in [9.17, 15) is 13.8 Å². The number of carbonyl (C=O) groups is 2. The van der Waals surface area contributed by atoms with E-state index < -0.39 is 22.8 Å². The lowest BCUT2D eigenvalue weighted by molar-refractivity contribution is 0.0696. The predicted molar refractivity (Wildman–Crippen MR) is 81.7 cm³/mol. The van der Waals surface area contributed by atoms with Gasteiger partial charge in [-0.25, -0.2) is 9.59 Å². The van der Waals surface area contributed by atoms with Crippen molar-refractivity contribution in [2.75, 3.05) is 18.1 Å². The number of nitrogens with one attached hydrogen (secondary N) is 2. The Labute approximate surface area is 127 Å². The number of carboxylic acid groups (broad SMARTS) is 1. The third-order valence-electron chi connectivity index (χ3n) is 2.57. The monoisotopic (exact) mass is 362 g/mol. The lowest BCUT2D eigenvalue weighted by Gasteiger charge is -2.11. The van der Waals surface area contributed by atoms with Crippen LogP contribution in [0.2, 0.25) is 0 Å². The van der Waals surface area contributed by atoms with E-state index in [0.717, 1.165) is 0 Å². The standard InChI is InChI=1S/C12H15BrN2O4S/c1-7(20(2)19)6-14-12(18)15-8-3-4-10(13)9(5-8)11(16)17/h3-5,7H,6H2,1-2H3,(H,16,17)(H2,14,15,18). The minimum Gasteiger partial charge on any atom is -0.478 e. The summed E-state index contributed by atoms with van der Waals surface area (Å²) in [4.78, 5) is 22.6. The third kappa shape index (κ3) is 4.93. The van der Waals surface area contributed by atoms with Crippen LogP contribution in [0.4, 0.5) is 10.5 Å². The molecule has 110 valence electrons. The molecule has 0 saturated carbocycles. The summed E-state index contributed by atoms with van der Waals surface area (Å²) in [6, 6.07) is 4.01. The maximum absolute atomic E-state index is 11.6. The summed E-state index contributed by atoms with van der Waals surface area (Å²) >= 11 is 3.12. The molecule has 20 heavy (non-hydrogen) atoms. The summed E-state index contributed by atoms with van der Waals surface area (Å²) < 4.78 is 11.6. The van der Waals surface area contributed by atoms with Gasteiger partial charge in [-0.2, -0.15) is 0 Å². The van der Waals surface area contributed by atoms with Crippen LogP contribution < -0.4 is 10.6 Å². The number of halogens is 1. The minimum atomic E-state index is -1.09. The van der Waals surface area contributed by atoms with Crippen molar-refractivity contribution >= 4 is 44.4 Å². The van der Waals surface area contributed by atoms with Gasteiger partial charge in [0.15, 0.2) is 0 Å². The lowest BCUT2D eigenvalue weighted by Crippen LogP contribution is -2.35. The van der Waals surface area contributed by atoms with Crippen LogP contribution in [-0.2, 0) is 10.8 Å². The minimum absolute atomic E-state index is 0.0610. The van der Waals surface area contributed by atoms with Gasteiger partial charge in [-0.15, -0.1) is 0 Å². The molecule has 3 N–H and O–H groups in total. The highest BCUT2D eigenvalue weighted by atomic mass is 79.9. The smallest absolute Gasteiger partial charge is 0.336 e. The molecule has 0 fully saturated rings. The second kappa shape index (κ2) is 7.39. The van der Waals surface area contributed by atoms with Gasteiger partial charge in [0.1, 0.15) is 0 Å². The highest BCUT2D eigenvalue weighted by molar-refractivity contribution is 9.10. The van der Waals surface area contributed by atoms with Crippen molar-refractivity contribution in [2.24, 2.45) is 0 Å². The molecule has 2 unspecified atom stereocenters. The molecule has 0 heterocycles. The van der Waals surface area contributed by atoms with E-state index in [1.807, 2.05) is 0 Å². The van der Waals surface area contributed by atoms with Crippen LogP contribution in [0.25, 0.3) is 0 Å². The van der Waals surface area contributed by atoms with Gasteiger partial charge >= 0.3 is 12.0 Å². The van der Waals surface area contributed by atoms with Crippen LogP contribution in [0, 0.1) is 0 Å². The molecule has 0 bridgehead atoms. The fourth-order valence-corrected chi connectivity index (χ4v) is 2.03. The van der Waals surface area contributed by atoms with E-state index in [0.29, 0.717) is 10.2 Å². The topological polar surface area (TPSA) is 95.5 Å². The lowest BCUT2D eigenvalue weighted by atomic mass is 10.2. The summed E-state index contributed by atoms with van der Waals surface area (Å²) in [5, 5.41) is 13.9. The van der Waals surface area contributed by atoms with E-state index in [2.05, 4.69) is 26.6 Å². The average molecular weight is 363 g/mol. The van der Waals surface area contributed by atoms with Crippen LogP contribution in [0.5, 0.6) is 0 Å². The molecule has 0 aromatic heterocycles. The van der Waals surface area contributed by atoms with Gasteiger partial charge in [0.25, 0.3) is 0 Å². The Balaban J connectivity index is 2.65. The third-order valence-corrected chi connectivity index (χ3v) is 4.56. The van der Waals surface area contributed by atoms with Gasteiger partial charge in [-0.1, -0.05) is 0 Å². The number of anilines is 1. The zero-order chi connectivity index (χ0) is 15.3. The molecule has 6 nitrogen and oxygen atoms in total. The summed E-state index contributed by atoms with van der Waals surface area (Å²) in [6.07, 6.45) is 1.57. The molecule has 1 rings (SSSR count). The fraction of sp³-hybridized carbons (Fsp3) is 0.333. The molecule has 2 atom stereocenters. The van der Waals surface area contributed by atoms with Gasteiger partial charge in [-0.3, -0.25) is 4.21 Å². The van der Waals surface area contributed by atoms with E-state index in [1.165, 1.54) is 6.07 Å². The number of rotatable bonds is 5. The SMILES string of the molecule is CC(CNC(=O)Nc1ccc(Br)c(C(=O)O)c1)S(C)=O. The zero-order valence-corrected chi connectivity index (χ0v) is 13.4. The summed E-state index contributed by atoms with van der Waals surface area (Å²) in [6.45, 7) is 2.04. The first-order valence-corrected chi connectivity index (χ1v) is 8.12. The molecule has 0 aliphatic carbocycles. The summed E-state index contributed by atoms with van der Waals surface area (Å²) in [5.74, 6) is -1.09. The van der Waals surface area contributed by atoms with Crippen LogP contribution in [0.1, 0.15) is 17.3 Å². The molecule has 0 radical (unpaired) electrons. The number of carbonyl (C=O) groups excluding carboxylic acids is 1. The molecule has 8 heteroatoms. The Morgan fingerprint density at radius 3 is 2.65 bits per heavy atom. The Kier molecular flexibility index (Phi) is 6.15. The highest BCUT2D eigenvalue weighted by Crippen LogP contribution is 2.21. The van der Waals surface area contributed by atoms with Gasteiger partial charge in [0, 0.05) is 39.0 Å². The normalized spacial score (nSPS) is 13.3. The molecule has 0 saturated heterocycles. The molecule has 1 aromatic carbocycles. The highest BCUT2D eigenvalue weighted by Gasteiger charge is 2.11. The van der Waals surface area contributed by atoms with E-state index in [-0.39, 0.29) is 17.4 Å². The van der Waals surface area contributed by atoms with Crippen molar-refractivity contribution in [2.45, 2.75) is 12.2 Å². The van der Waals surface area contributed by atoms with Crippen LogP contribution in [0.15, 0.2) is 22.7 Å².